The Hall–Kier alpha value is -4.45. The molecule has 3 heterocycles. The Balaban J connectivity index is 1.45. The highest BCUT2D eigenvalue weighted by molar-refractivity contribution is 7.92. The summed E-state index contributed by atoms with van der Waals surface area (Å²) < 4.78 is 42.1. The van der Waals surface area contributed by atoms with Gasteiger partial charge < -0.3 is 19.0 Å². The van der Waals surface area contributed by atoms with Crippen molar-refractivity contribution in [2.45, 2.75) is 83.8 Å². The smallest absolute Gasteiger partial charge is 0.297 e. The normalized spacial score (nSPS) is 18.2. The summed E-state index contributed by atoms with van der Waals surface area (Å²) in [6, 6.07) is 14.1. The molecule has 4 bridgehead atoms. The van der Waals surface area contributed by atoms with Crippen molar-refractivity contribution >= 4 is 27.9 Å². The molecule has 0 saturated heterocycles. The quantitative estimate of drug-likeness (QED) is 0.251. The maximum Gasteiger partial charge on any atom is 0.297 e. The van der Waals surface area contributed by atoms with Gasteiger partial charge in [-0.05, 0) is 74.3 Å². The first-order valence-electron chi connectivity index (χ1n) is 16.0. The molecule has 0 radical (unpaired) electrons. The first-order chi connectivity index (χ1) is 22.3. The van der Waals surface area contributed by atoms with Gasteiger partial charge in [0.2, 0.25) is 11.8 Å². The second-order valence-electron chi connectivity index (χ2n) is 13.8. The Morgan fingerprint density at radius 2 is 1.74 bits per heavy atom. The van der Waals surface area contributed by atoms with E-state index in [2.05, 4.69) is 35.5 Å². The molecule has 11 nitrogen and oxygen atoms in total. The van der Waals surface area contributed by atoms with E-state index in [-0.39, 0.29) is 46.8 Å². The van der Waals surface area contributed by atoms with E-state index in [9.17, 15) is 13.2 Å². The molecule has 2 aromatic heterocycles. The predicted octanol–water partition coefficient (Wildman–Crippen LogP) is 6.38. The van der Waals surface area contributed by atoms with E-state index in [0.717, 1.165) is 29.5 Å². The fraction of sp³-hybridized carbons (Fsp3) is 0.429. The van der Waals surface area contributed by atoms with Gasteiger partial charge in [-0.3, -0.25) is 4.79 Å². The number of nitrogens with one attached hydrogen (secondary N) is 1. The van der Waals surface area contributed by atoms with Crippen molar-refractivity contribution in [2.24, 2.45) is 5.41 Å². The number of nitrogens with zero attached hydrogens (tertiary/aromatic N) is 5. The second kappa shape index (κ2) is 12.6. The monoisotopic (exact) mass is 658 g/mol. The number of amides is 1. The third-order valence-corrected chi connectivity index (χ3v) is 10.2. The largest absolute Gasteiger partial charge is 0.475 e. The minimum absolute atomic E-state index is 0.0793. The molecule has 1 aliphatic carbocycles. The third kappa shape index (κ3) is 7.12. The SMILES string of the molecule is Cc1cccc(C)c1-c1cc2nc(n1)NS(=O)(=O)c1cccc(c1)C(=O)N(Cc1coc(N(C)C3CCC3)n1)[C@H](CC(C)(C)C)CO2. The summed E-state index contributed by atoms with van der Waals surface area (Å²) in [6.45, 7) is 10.5. The molecule has 12 heteroatoms. The third-order valence-electron chi connectivity index (χ3n) is 8.83. The first kappa shape index (κ1) is 32.5. The molecule has 1 fully saturated rings. The summed E-state index contributed by atoms with van der Waals surface area (Å²) in [5.74, 6) is -0.269. The average molecular weight is 659 g/mol. The lowest BCUT2D eigenvalue weighted by Crippen LogP contribution is -2.45. The number of aryl methyl sites for hydroxylation is 2. The number of oxazole rings is 1. The molecule has 1 amide bonds. The van der Waals surface area contributed by atoms with Crippen LogP contribution in [0, 0.1) is 19.3 Å². The highest BCUT2D eigenvalue weighted by atomic mass is 32.2. The average Bonchev–Trinajstić information content (AvgIpc) is 3.44. The standard InChI is InChI=1S/C35H42N6O5S/c1-22-10-7-11-23(2)31(22)29-17-30-38-33(37-29)39-47(43,44)28-15-8-12-24(16-28)32(42)41(27(21-45-30)18-35(3,4)5)19-25-20-46-34(36-25)40(6)26-13-9-14-26/h7-8,10-12,15-17,20,26-27H,9,13-14,18-19,21H2,1-6H3,(H,37,38,39)/t27-/m1/s1. The molecule has 248 valence electrons. The number of ether oxygens (including phenoxy) is 1. The van der Waals surface area contributed by atoms with Gasteiger partial charge in [0.05, 0.1) is 23.2 Å². The van der Waals surface area contributed by atoms with Gasteiger partial charge in [0, 0.05) is 30.3 Å². The van der Waals surface area contributed by atoms with E-state index < -0.39 is 16.1 Å². The summed E-state index contributed by atoms with van der Waals surface area (Å²) in [4.78, 5) is 31.9. The molecule has 4 aromatic rings. The fourth-order valence-corrected chi connectivity index (χ4v) is 7.17. The van der Waals surface area contributed by atoms with Gasteiger partial charge in [-0.1, -0.05) is 45.0 Å². The Bertz CT molecular complexity index is 1880. The van der Waals surface area contributed by atoms with Crippen LogP contribution in [0.1, 0.15) is 73.6 Å². The number of carbonyl (C=O) groups excluding carboxylic acids is 1. The van der Waals surface area contributed by atoms with Crippen LogP contribution >= 0.6 is 0 Å². The minimum Gasteiger partial charge on any atom is -0.475 e. The molecule has 2 aliphatic rings. The van der Waals surface area contributed by atoms with E-state index in [1.807, 2.05) is 44.0 Å². The lowest BCUT2D eigenvalue weighted by atomic mass is 9.87. The van der Waals surface area contributed by atoms with Crippen LogP contribution < -0.4 is 14.4 Å². The summed E-state index contributed by atoms with van der Waals surface area (Å²) in [5.41, 5.74) is 3.98. The summed E-state index contributed by atoms with van der Waals surface area (Å²) >= 11 is 0. The maximum atomic E-state index is 14.4. The van der Waals surface area contributed by atoms with Crippen molar-refractivity contribution in [3.63, 3.8) is 0 Å². The molecule has 6 rings (SSSR count). The number of sulfonamides is 1. The van der Waals surface area contributed by atoms with Crippen LogP contribution in [0.25, 0.3) is 11.3 Å². The topological polar surface area (TPSA) is 131 Å². The number of anilines is 2. The van der Waals surface area contributed by atoms with Crippen LogP contribution in [0.2, 0.25) is 0 Å². The van der Waals surface area contributed by atoms with Crippen molar-refractivity contribution < 1.29 is 22.4 Å². The lowest BCUT2D eigenvalue weighted by molar-refractivity contribution is 0.0509. The lowest BCUT2D eigenvalue weighted by Gasteiger charge is -2.35. The number of fused-ring (bicyclic) bond motifs is 4. The van der Waals surface area contributed by atoms with E-state index in [1.54, 1.807) is 29.4 Å². The van der Waals surface area contributed by atoms with Crippen LogP contribution in [-0.4, -0.2) is 59.9 Å². The summed E-state index contributed by atoms with van der Waals surface area (Å²) in [6.07, 6.45) is 5.54. The van der Waals surface area contributed by atoms with Crippen molar-refractivity contribution in [1.29, 1.82) is 0 Å². The van der Waals surface area contributed by atoms with Gasteiger partial charge in [0.15, 0.2) is 0 Å². The maximum absolute atomic E-state index is 14.4. The number of carbonyl (C=O) groups is 1. The van der Waals surface area contributed by atoms with Crippen molar-refractivity contribution in [3.05, 3.63) is 77.2 Å². The van der Waals surface area contributed by atoms with Crippen LogP contribution in [0.3, 0.4) is 0 Å². The van der Waals surface area contributed by atoms with Crippen LogP contribution in [-0.2, 0) is 16.6 Å². The van der Waals surface area contributed by atoms with E-state index in [1.165, 1.54) is 18.6 Å². The molecule has 1 saturated carbocycles. The van der Waals surface area contributed by atoms with Crippen LogP contribution in [0.5, 0.6) is 5.88 Å². The van der Waals surface area contributed by atoms with Gasteiger partial charge in [-0.2, -0.15) is 9.97 Å². The molecular weight excluding hydrogens is 616 g/mol. The van der Waals surface area contributed by atoms with Gasteiger partial charge in [0.25, 0.3) is 21.9 Å². The Morgan fingerprint density at radius 3 is 2.43 bits per heavy atom. The van der Waals surface area contributed by atoms with E-state index in [4.69, 9.17) is 14.1 Å². The zero-order chi connectivity index (χ0) is 33.5. The van der Waals surface area contributed by atoms with Crippen LogP contribution in [0.15, 0.2) is 64.1 Å². The molecule has 0 unspecified atom stereocenters. The zero-order valence-corrected chi connectivity index (χ0v) is 28.6. The van der Waals surface area contributed by atoms with Crippen molar-refractivity contribution in [1.82, 2.24) is 19.9 Å². The molecule has 47 heavy (non-hydrogen) atoms. The number of benzene rings is 2. The predicted molar refractivity (Wildman–Crippen MR) is 180 cm³/mol. The molecule has 0 spiro atoms. The van der Waals surface area contributed by atoms with E-state index in [0.29, 0.717) is 29.9 Å². The summed E-state index contributed by atoms with van der Waals surface area (Å²) in [5, 5.41) is 0. The zero-order valence-electron chi connectivity index (χ0n) is 27.8. The molecule has 1 N–H and O–H groups in total. The Labute approximate surface area is 276 Å². The van der Waals surface area contributed by atoms with Gasteiger partial charge >= 0.3 is 0 Å². The molecule has 2 aromatic carbocycles. The Kier molecular flexibility index (Phi) is 8.73. The number of hydrogen-bond donors (Lipinski definition) is 1. The highest BCUT2D eigenvalue weighted by Crippen LogP contribution is 2.32. The first-order valence-corrected chi connectivity index (χ1v) is 17.5. The summed E-state index contributed by atoms with van der Waals surface area (Å²) in [7, 11) is -2.19. The van der Waals surface area contributed by atoms with Crippen LogP contribution in [0.4, 0.5) is 12.0 Å². The molecule has 1 aliphatic heterocycles. The van der Waals surface area contributed by atoms with E-state index >= 15 is 0 Å². The minimum atomic E-state index is -4.17. The fourth-order valence-electron chi connectivity index (χ4n) is 6.18. The van der Waals surface area contributed by atoms with Crippen molar-refractivity contribution in [3.8, 4) is 17.1 Å². The number of rotatable bonds is 6. The highest BCUT2D eigenvalue weighted by Gasteiger charge is 2.33. The number of hydrogen-bond acceptors (Lipinski definition) is 9. The van der Waals surface area contributed by atoms with Gasteiger partial charge in [0.1, 0.15) is 18.6 Å². The Morgan fingerprint density at radius 1 is 1.02 bits per heavy atom. The number of aromatic nitrogens is 3. The van der Waals surface area contributed by atoms with Crippen molar-refractivity contribution in [2.75, 3.05) is 23.3 Å². The second-order valence-corrected chi connectivity index (χ2v) is 15.5. The molecular formula is C35H42N6O5S. The van der Waals surface area contributed by atoms with Gasteiger partial charge in [-0.15, -0.1) is 0 Å². The molecule has 1 atom stereocenters. The van der Waals surface area contributed by atoms with Gasteiger partial charge in [-0.25, -0.2) is 18.1 Å².